The number of rotatable bonds is 4. The van der Waals surface area contributed by atoms with Crippen molar-refractivity contribution in [3.05, 3.63) is 28.2 Å². The van der Waals surface area contributed by atoms with Crippen molar-refractivity contribution in [2.75, 3.05) is 4.72 Å². The molecule has 0 amide bonds. The van der Waals surface area contributed by atoms with E-state index in [-0.39, 0.29) is 15.7 Å². The summed E-state index contributed by atoms with van der Waals surface area (Å²) in [6, 6.07) is 3.34. The minimum absolute atomic E-state index is 0.213. The number of benzene rings is 1. The zero-order chi connectivity index (χ0) is 13.2. The van der Waals surface area contributed by atoms with Gasteiger partial charge in [-0.1, -0.05) is 0 Å². The normalized spacial score (nSPS) is 11.5. The lowest BCUT2D eigenvalue weighted by atomic mass is 10.2. The largest absolute Gasteiger partial charge is 0.478 e. The summed E-state index contributed by atoms with van der Waals surface area (Å²) < 4.78 is 47.6. The highest BCUT2D eigenvalue weighted by Gasteiger charge is 2.24. The Morgan fingerprint density at radius 3 is 2.47 bits per heavy atom. The first-order valence-corrected chi connectivity index (χ1v) is 6.40. The van der Waals surface area contributed by atoms with E-state index in [1.807, 2.05) is 0 Å². The Morgan fingerprint density at radius 1 is 1.41 bits per heavy atom. The molecular formula is C8H6BrF2NO4S. The third-order valence-corrected chi connectivity index (χ3v) is 3.37. The lowest BCUT2D eigenvalue weighted by Crippen LogP contribution is -2.20. The van der Waals surface area contributed by atoms with Crippen molar-refractivity contribution in [3.8, 4) is 0 Å². The van der Waals surface area contributed by atoms with Gasteiger partial charge >= 0.3 is 11.7 Å². The summed E-state index contributed by atoms with van der Waals surface area (Å²) in [7, 11) is -4.80. The molecule has 1 rings (SSSR count). The third kappa shape index (κ3) is 3.37. The molecule has 9 heteroatoms. The number of sulfonamides is 1. The van der Waals surface area contributed by atoms with Gasteiger partial charge in [0.15, 0.2) is 0 Å². The average molecular weight is 330 g/mol. The summed E-state index contributed by atoms with van der Waals surface area (Å²) in [6.45, 7) is 0. The summed E-state index contributed by atoms with van der Waals surface area (Å²) >= 11 is 2.93. The van der Waals surface area contributed by atoms with Crippen LogP contribution in [0.1, 0.15) is 10.4 Å². The molecule has 0 aliphatic rings. The molecule has 0 spiro atoms. The van der Waals surface area contributed by atoms with E-state index in [0.29, 0.717) is 0 Å². The Morgan fingerprint density at radius 2 is 2.00 bits per heavy atom. The van der Waals surface area contributed by atoms with Crippen molar-refractivity contribution in [1.29, 1.82) is 0 Å². The Balaban J connectivity index is 3.10. The summed E-state index contributed by atoms with van der Waals surface area (Å²) in [6.07, 6.45) is 0. The van der Waals surface area contributed by atoms with E-state index in [9.17, 15) is 22.0 Å². The van der Waals surface area contributed by atoms with Gasteiger partial charge in [0, 0.05) is 10.2 Å². The molecule has 0 radical (unpaired) electrons. The average Bonchev–Trinajstić information content (AvgIpc) is 2.20. The molecule has 2 N–H and O–H groups in total. The highest BCUT2D eigenvalue weighted by molar-refractivity contribution is 9.10. The van der Waals surface area contributed by atoms with E-state index in [4.69, 9.17) is 5.11 Å². The third-order valence-electron chi connectivity index (χ3n) is 1.69. The van der Waals surface area contributed by atoms with Gasteiger partial charge < -0.3 is 5.11 Å². The molecule has 17 heavy (non-hydrogen) atoms. The Kier molecular flexibility index (Phi) is 4.04. The molecule has 0 aliphatic carbocycles. The van der Waals surface area contributed by atoms with Crippen molar-refractivity contribution in [2.24, 2.45) is 0 Å². The highest BCUT2D eigenvalue weighted by atomic mass is 79.9. The minimum Gasteiger partial charge on any atom is -0.478 e. The second kappa shape index (κ2) is 4.96. The molecule has 5 nitrogen and oxygen atoms in total. The van der Waals surface area contributed by atoms with Gasteiger partial charge in [-0.15, -0.1) is 0 Å². The summed E-state index contributed by atoms with van der Waals surface area (Å²) in [4.78, 5) is 10.7. The van der Waals surface area contributed by atoms with Crippen LogP contribution in [0, 0.1) is 0 Å². The minimum atomic E-state index is -4.80. The zero-order valence-electron chi connectivity index (χ0n) is 8.02. The molecule has 0 saturated heterocycles. The first-order valence-electron chi connectivity index (χ1n) is 4.06. The maximum Gasteiger partial charge on any atom is 0.355 e. The lowest BCUT2D eigenvalue weighted by molar-refractivity contribution is 0.0696. The summed E-state index contributed by atoms with van der Waals surface area (Å²) in [5.74, 6) is -4.89. The maximum absolute atomic E-state index is 12.1. The number of nitrogens with one attached hydrogen (secondary N) is 1. The van der Waals surface area contributed by atoms with Crippen LogP contribution < -0.4 is 4.72 Å². The van der Waals surface area contributed by atoms with Gasteiger partial charge in [-0.3, -0.25) is 4.72 Å². The number of hydrogen-bond donors (Lipinski definition) is 2. The van der Waals surface area contributed by atoms with Crippen molar-refractivity contribution in [1.82, 2.24) is 0 Å². The molecule has 0 unspecified atom stereocenters. The van der Waals surface area contributed by atoms with Crippen LogP contribution in [0.25, 0.3) is 0 Å². The van der Waals surface area contributed by atoms with E-state index in [0.717, 1.165) is 12.1 Å². The number of aromatic carboxylic acids is 1. The van der Waals surface area contributed by atoms with Crippen LogP contribution in [0.5, 0.6) is 0 Å². The van der Waals surface area contributed by atoms with Gasteiger partial charge in [0.25, 0.3) is 10.0 Å². The van der Waals surface area contributed by atoms with Gasteiger partial charge in [-0.2, -0.15) is 8.78 Å². The second-order valence-corrected chi connectivity index (χ2v) is 5.41. The fourth-order valence-electron chi connectivity index (χ4n) is 0.961. The number of alkyl halides is 2. The number of halogens is 3. The van der Waals surface area contributed by atoms with Crippen molar-refractivity contribution in [3.63, 3.8) is 0 Å². The van der Waals surface area contributed by atoms with Crippen LogP contribution in [0.15, 0.2) is 22.7 Å². The molecule has 0 heterocycles. The Bertz CT molecular complexity index is 546. The van der Waals surface area contributed by atoms with Crippen molar-refractivity contribution < 1.29 is 27.1 Å². The van der Waals surface area contributed by atoms with E-state index >= 15 is 0 Å². The van der Waals surface area contributed by atoms with Crippen LogP contribution in [0.4, 0.5) is 14.5 Å². The molecule has 1 aromatic carbocycles. The maximum atomic E-state index is 12.1. The molecule has 0 aromatic heterocycles. The summed E-state index contributed by atoms with van der Waals surface area (Å²) in [5, 5.41) is 8.74. The quantitative estimate of drug-likeness (QED) is 0.886. The van der Waals surface area contributed by atoms with Crippen LogP contribution in [-0.4, -0.2) is 25.3 Å². The van der Waals surface area contributed by atoms with Gasteiger partial charge in [0.1, 0.15) is 0 Å². The van der Waals surface area contributed by atoms with Crippen molar-refractivity contribution >= 4 is 37.6 Å². The number of carboxylic acid groups (broad SMARTS) is 1. The van der Waals surface area contributed by atoms with Crippen molar-refractivity contribution in [2.45, 2.75) is 5.76 Å². The fourth-order valence-corrected chi connectivity index (χ4v) is 1.92. The van der Waals surface area contributed by atoms with Gasteiger partial charge in [0.2, 0.25) is 0 Å². The van der Waals surface area contributed by atoms with E-state index in [1.165, 1.54) is 6.07 Å². The Hall–Kier alpha value is -1.22. The molecule has 0 saturated carbocycles. The van der Waals surface area contributed by atoms with Gasteiger partial charge in [-0.25, -0.2) is 13.2 Å². The molecule has 0 aliphatic heterocycles. The topological polar surface area (TPSA) is 83.5 Å². The molecule has 1 aromatic rings. The molecule has 94 valence electrons. The second-order valence-electron chi connectivity index (χ2n) is 2.91. The van der Waals surface area contributed by atoms with Crippen LogP contribution in [-0.2, 0) is 10.0 Å². The number of anilines is 1. The Labute approximate surface area is 104 Å². The molecule has 0 atom stereocenters. The van der Waals surface area contributed by atoms with E-state index in [2.05, 4.69) is 15.9 Å². The zero-order valence-corrected chi connectivity index (χ0v) is 10.4. The number of hydrogen-bond acceptors (Lipinski definition) is 3. The highest BCUT2D eigenvalue weighted by Crippen LogP contribution is 2.22. The molecular weight excluding hydrogens is 324 g/mol. The van der Waals surface area contributed by atoms with E-state index in [1.54, 1.807) is 4.72 Å². The molecule has 0 bridgehead atoms. The predicted octanol–water partition coefficient (Wildman–Crippen LogP) is 2.11. The number of carbonyl (C=O) groups is 1. The van der Waals surface area contributed by atoms with Gasteiger partial charge in [0.05, 0.1) is 5.56 Å². The number of carboxylic acids is 1. The predicted molar refractivity (Wildman–Crippen MR) is 59.6 cm³/mol. The van der Waals surface area contributed by atoms with E-state index < -0.39 is 21.8 Å². The van der Waals surface area contributed by atoms with Crippen LogP contribution in [0.3, 0.4) is 0 Å². The van der Waals surface area contributed by atoms with Crippen LogP contribution >= 0.6 is 15.9 Å². The summed E-state index contributed by atoms with van der Waals surface area (Å²) in [5.41, 5.74) is -0.481. The molecule has 0 fully saturated rings. The smallest absolute Gasteiger partial charge is 0.355 e. The van der Waals surface area contributed by atoms with Gasteiger partial charge in [-0.05, 0) is 34.1 Å². The lowest BCUT2D eigenvalue weighted by Gasteiger charge is -2.08. The van der Waals surface area contributed by atoms with Crippen LogP contribution in [0.2, 0.25) is 0 Å². The fraction of sp³-hybridized carbons (Fsp3) is 0.125. The first-order chi connectivity index (χ1) is 7.74. The standard InChI is InChI=1S/C8H6BrF2NO4S/c9-6-2-1-4(3-5(6)7(13)14)12-17(15,16)8(10)11/h1-3,8,12H,(H,13,14). The first kappa shape index (κ1) is 13.8. The SMILES string of the molecule is O=C(O)c1cc(NS(=O)(=O)C(F)F)ccc1Br. The monoisotopic (exact) mass is 329 g/mol.